The van der Waals surface area contributed by atoms with Crippen LogP contribution in [0.25, 0.3) is 10.2 Å². The molecule has 0 radical (unpaired) electrons. The van der Waals surface area contributed by atoms with Crippen molar-refractivity contribution in [2.75, 3.05) is 33.2 Å². The maximum atomic E-state index is 13.0. The summed E-state index contributed by atoms with van der Waals surface area (Å²) in [6, 6.07) is 4.78. The minimum atomic E-state index is 0.0250. The van der Waals surface area contributed by atoms with Gasteiger partial charge in [-0.05, 0) is 63.2 Å². The van der Waals surface area contributed by atoms with Gasteiger partial charge in [-0.2, -0.15) is 0 Å². The van der Waals surface area contributed by atoms with E-state index in [0.29, 0.717) is 13.1 Å². The number of piperidine rings is 1. The molecule has 1 saturated heterocycles. The molecule has 1 saturated carbocycles. The third-order valence-corrected chi connectivity index (χ3v) is 8.07. The lowest BCUT2D eigenvalue weighted by molar-refractivity contribution is -0.126. The number of nitrogens with zero attached hydrogens (tertiary/aromatic N) is 3. The molecule has 0 spiro atoms. The molecule has 2 amide bonds. The van der Waals surface area contributed by atoms with Gasteiger partial charge in [-0.15, -0.1) is 11.3 Å². The Kier molecular flexibility index (Phi) is 7.33. The van der Waals surface area contributed by atoms with Crippen molar-refractivity contribution in [3.8, 4) is 0 Å². The van der Waals surface area contributed by atoms with Gasteiger partial charge in [0.2, 0.25) is 5.91 Å². The largest absolute Gasteiger partial charge is 0.356 e. The molecule has 7 heteroatoms. The number of fused-ring (bicyclic) bond motifs is 1. The highest BCUT2D eigenvalue weighted by Gasteiger charge is 2.29. The van der Waals surface area contributed by atoms with Crippen LogP contribution in [-0.2, 0) is 11.8 Å². The van der Waals surface area contributed by atoms with E-state index in [9.17, 15) is 9.59 Å². The topological polar surface area (TPSA) is 57.6 Å². The van der Waals surface area contributed by atoms with Crippen LogP contribution in [0.3, 0.4) is 0 Å². The molecule has 0 aromatic carbocycles. The number of hydrogen-bond acceptors (Lipinski definition) is 4. The molecule has 2 aliphatic rings. The van der Waals surface area contributed by atoms with Crippen LogP contribution in [0.4, 0.5) is 0 Å². The zero-order valence-electron chi connectivity index (χ0n) is 18.9. The van der Waals surface area contributed by atoms with Gasteiger partial charge in [0.25, 0.3) is 5.91 Å². The number of likely N-dealkylation sites (tertiary alicyclic amines) is 1. The van der Waals surface area contributed by atoms with Crippen LogP contribution in [0.1, 0.15) is 61.9 Å². The number of carbonyl (C=O) groups is 2. The molecule has 0 atom stereocenters. The van der Waals surface area contributed by atoms with E-state index in [1.165, 1.54) is 32.1 Å². The Labute approximate surface area is 189 Å². The summed E-state index contributed by atoms with van der Waals surface area (Å²) in [5.74, 6) is 0.263. The van der Waals surface area contributed by atoms with Crippen LogP contribution in [-0.4, -0.2) is 65.4 Å². The number of thiophene rings is 1. The van der Waals surface area contributed by atoms with Crippen LogP contribution < -0.4 is 5.32 Å². The smallest absolute Gasteiger partial charge is 0.270 e. The average Bonchev–Trinajstić information content (AvgIpc) is 3.39. The summed E-state index contributed by atoms with van der Waals surface area (Å²) < 4.78 is 3.13. The second kappa shape index (κ2) is 10.2. The number of aromatic nitrogens is 1. The molecular formula is C24H36N4O2S. The fourth-order valence-electron chi connectivity index (χ4n) is 5.15. The first-order chi connectivity index (χ1) is 15.0. The minimum Gasteiger partial charge on any atom is -0.356 e. The second-order valence-corrected chi connectivity index (χ2v) is 10.2. The Morgan fingerprint density at radius 3 is 2.61 bits per heavy atom. The Bertz CT molecular complexity index is 891. The predicted octanol–water partition coefficient (Wildman–Crippen LogP) is 3.86. The molecule has 1 N–H and O–H groups in total. The Balaban J connectivity index is 1.18. The van der Waals surface area contributed by atoms with E-state index in [2.05, 4.69) is 28.7 Å². The lowest BCUT2D eigenvalue weighted by Gasteiger charge is -2.32. The molecule has 6 nitrogen and oxygen atoms in total. The van der Waals surface area contributed by atoms with Crippen LogP contribution in [0.5, 0.6) is 0 Å². The van der Waals surface area contributed by atoms with E-state index >= 15 is 0 Å². The summed E-state index contributed by atoms with van der Waals surface area (Å²) >= 11 is 1.66. The van der Waals surface area contributed by atoms with Gasteiger partial charge in [0.15, 0.2) is 0 Å². The number of amides is 2. The van der Waals surface area contributed by atoms with E-state index < -0.39 is 0 Å². The Morgan fingerprint density at radius 2 is 1.90 bits per heavy atom. The molecule has 0 bridgehead atoms. The van der Waals surface area contributed by atoms with Crippen molar-refractivity contribution in [2.24, 2.45) is 13.0 Å². The first kappa shape index (κ1) is 22.3. The molecule has 4 rings (SSSR count). The van der Waals surface area contributed by atoms with Crippen molar-refractivity contribution in [3.05, 3.63) is 23.2 Å². The summed E-state index contributed by atoms with van der Waals surface area (Å²) in [6.45, 7) is 3.10. The quantitative estimate of drug-likeness (QED) is 0.660. The van der Waals surface area contributed by atoms with Gasteiger partial charge < -0.3 is 19.7 Å². The number of rotatable bonds is 7. The standard InChI is InChI=1S/C24H36N4O2S/c1-26(19-7-4-3-5-8-19)13-6-12-25-23(29)18-9-14-28(15-10-18)24(30)21-17-22-20(27(21)2)11-16-31-22/h11,16-19H,3-10,12-15H2,1-2H3,(H,25,29). The highest BCUT2D eigenvalue weighted by Crippen LogP contribution is 2.26. The normalized spacial score (nSPS) is 18.7. The third-order valence-electron chi connectivity index (χ3n) is 7.22. The third kappa shape index (κ3) is 5.14. The van der Waals surface area contributed by atoms with Crippen LogP contribution in [0.2, 0.25) is 0 Å². The van der Waals surface area contributed by atoms with Crippen LogP contribution >= 0.6 is 11.3 Å². The molecule has 2 aromatic rings. The summed E-state index contributed by atoms with van der Waals surface area (Å²) in [5.41, 5.74) is 1.85. The molecule has 0 unspecified atom stereocenters. The maximum Gasteiger partial charge on any atom is 0.270 e. The highest BCUT2D eigenvalue weighted by molar-refractivity contribution is 7.17. The number of aryl methyl sites for hydroxylation is 1. The molecule has 2 fully saturated rings. The van der Waals surface area contributed by atoms with Crippen molar-refractivity contribution in [1.29, 1.82) is 0 Å². The predicted molar refractivity (Wildman–Crippen MR) is 127 cm³/mol. The average molecular weight is 445 g/mol. The number of carbonyl (C=O) groups excluding carboxylic acids is 2. The second-order valence-electron chi connectivity index (χ2n) is 9.24. The SMILES string of the molecule is CN(CCCNC(=O)C1CCN(C(=O)c2cc3sccc3n2C)CC1)C1CCCCC1. The van der Waals surface area contributed by atoms with Crippen molar-refractivity contribution >= 4 is 33.4 Å². The lowest BCUT2D eigenvalue weighted by atomic mass is 9.94. The minimum absolute atomic E-state index is 0.0250. The molecule has 170 valence electrons. The molecule has 3 heterocycles. The maximum absolute atomic E-state index is 13.0. The van der Waals surface area contributed by atoms with Crippen molar-refractivity contribution in [1.82, 2.24) is 19.7 Å². The van der Waals surface area contributed by atoms with E-state index in [-0.39, 0.29) is 17.7 Å². The van der Waals surface area contributed by atoms with Crippen molar-refractivity contribution in [3.63, 3.8) is 0 Å². The first-order valence-corrected chi connectivity index (χ1v) is 12.7. The zero-order valence-corrected chi connectivity index (χ0v) is 19.8. The van der Waals surface area contributed by atoms with Gasteiger partial charge in [-0.25, -0.2) is 0 Å². The Hall–Kier alpha value is -1.86. The van der Waals surface area contributed by atoms with Crippen LogP contribution in [0.15, 0.2) is 17.5 Å². The fraction of sp³-hybridized carbons (Fsp3) is 0.667. The molecule has 1 aliphatic heterocycles. The Morgan fingerprint density at radius 1 is 1.16 bits per heavy atom. The van der Waals surface area contributed by atoms with Gasteiger partial charge >= 0.3 is 0 Å². The van der Waals surface area contributed by atoms with E-state index in [1.54, 1.807) is 11.3 Å². The molecule has 2 aromatic heterocycles. The molecule has 31 heavy (non-hydrogen) atoms. The van der Waals surface area contributed by atoms with E-state index in [1.807, 2.05) is 22.6 Å². The monoisotopic (exact) mass is 444 g/mol. The van der Waals surface area contributed by atoms with Gasteiger partial charge in [0.05, 0.1) is 10.2 Å². The summed E-state index contributed by atoms with van der Waals surface area (Å²) in [5, 5.41) is 5.19. The van der Waals surface area contributed by atoms with E-state index in [0.717, 1.165) is 54.3 Å². The fourth-order valence-corrected chi connectivity index (χ4v) is 6.00. The van der Waals surface area contributed by atoms with Crippen LogP contribution in [0, 0.1) is 5.92 Å². The number of nitrogens with one attached hydrogen (secondary N) is 1. The zero-order chi connectivity index (χ0) is 21.8. The van der Waals surface area contributed by atoms with Gasteiger partial charge in [0, 0.05) is 38.6 Å². The van der Waals surface area contributed by atoms with E-state index in [4.69, 9.17) is 0 Å². The summed E-state index contributed by atoms with van der Waals surface area (Å²) in [4.78, 5) is 30.0. The highest BCUT2D eigenvalue weighted by atomic mass is 32.1. The lowest BCUT2D eigenvalue weighted by Crippen LogP contribution is -2.44. The molecular weight excluding hydrogens is 408 g/mol. The van der Waals surface area contributed by atoms with Crippen molar-refractivity contribution in [2.45, 2.75) is 57.4 Å². The van der Waals surface area contributed by atoms with Crippen molar-refractivity contribution < 1.29 is 9.59 Å². The first-order valence-electron chi connectivity index (χ1n) is 11.8. The van der Waals surface area contributed by atoms with Gasteiger partial charge in [-0.3, -0.25) is 9.59 Å². The summed E-state index contributed by atoms with van der Waals surface area (Å²) in [7, 11) is 4.18. The number of hydrogen-bond donors (Lipinski definition) is 1. The van der Waals surface area contributed by atoms with Gasteiger partial charge in [0.1, 0.15) is 5.69 Å². The summed E-state index contributed by atoms with van der Waals surface area (Å²) in [6.07, 6.45) is 9.23. The molecule has 1 aliphatic carbocycles. The van der Waals surface area contributed by atoms with Gasteiger partial charge in [-0.1, -0.05) is 19.3 Å².